The zero-order valence-electron chi connectivity index (χ0n) is 17.7. The molecule has 1 saturated heterocycles. The Morgan fingerprint density at radius 2 is 1.97 bits per heavy atom. The molecule has 0 unspecified atom stereocenters. The molecule has 6 nitrogen and oxygen atoms in total. The first-order valence-corrected chi connectivity index (χ1v) is 10.3. The summed E-state index contributed by atoms with van der Waals surface area (Å²) in [6, 6.07) is 4.22. The third-order valence-corrected chi connectivity index (χ3v) is 5.86. The highest BCUT2D eigenvalue weighted by atomic mass is 19.3. The highest BCUT2D eigenvalue weighted by Crippen LogP contribution is 2.40. The summed E-state index contributed by atoms with van der Waals surface area (Å²) in [6.45, 7) is 7.82. The van der Waals surface area contributed by atoms with Gasteiger partial charge in [-0.05, 0) is 19.4 Å². The predicted molar refractivity (Wildman–Crippen MR) is 115 cm³/mol. The quantitative estimate of drug-likeness (QED) is 0.653. The first-order chi connectivity index (χ1) is 14.8. The van der Waals surface area contributed by atoms with Crippen molar-refractivity contribution in [3.8, 4) is 0 Å². The second-order valence-electron chi connectivity index (χ2n) is 7.93. The number of benzene rings is 1. The molecule has 0 aliphatic carbocycles. The van der Waals surface area contributed by atoms with Gasteiger partial charge in [-0.25, -0.2) is 28.1 Å². The summed E-state index contributed by atoms with van der Waals surface area (Å²) in [4.78, 5) is 15.6. The molecule has 2 atom stereocenters. The summed E-state index contributed by atoms with van der Waals surface area (Å²) >= 11 is 0. The average Bonchev–Trinajstić information content (AvgIpc) is 2.73. The largest absolute Gasteiger partial charge is 0.383 e. The van der Waals surface area contributed by atoms with E-state index in [2.05, 4.69) is 32.1 Å². The first-order valence-electron chi connectivity index (χ1n) is 10.3. The van der Waals surface area contributed by atoms with Crippen molar-refractivity contribution in [3.63, 3.8) is 0 Å². The van der Waals surface area contributed by atoms with Gasteiger partial charge >= 0.3 is 0 Å². The maximum absolute atomic E-state index is 15.1. The van der Waals surface area contributed by atoms with Crippen LogP contribution in [0.2, 0.25) is 0 Å². The van der Waals surface area contributed by atoms with E-state index in [1.807, 2.05) is 0 Å². The third-order valence-electron chi connectivity index (χ3n) is 5.86. The fourth-order valence-corrected chi connectivity index (χ4v) is 4.31. The number of hydrogen-bond donors (Lipinski definition) is 2. The van der Waals surface area contributed by atoms with E-state index in [-0.39, 0.29) is 17.4 Å². The molecular weight excluding hydrogens is 405 g/mol. The number of aryl methyl sites for hydroxylation is 1. The Bertz CT molecular complexity index is 1120. The van der Waals surface area contributed by atoms with E-state index in [0.717, 1.165) is 19.2 Å². The number of alkyl halides is 2. The lowest BCUT2D eigenvalue weighted by atomic mass is 9.88. The molecular formula is C22H25F3N6. The van der Waals surface area contributed by atoms with E-state index in [9.17, 15) is 8.78 Å². The van der Waals surface area contributed by atoms with Crippen LogP contribution in [-0.2, 0) is 0 Å². The van der Waals surface area contributed by atoms with Crippen LogP contribution in [0.3, 0.4) is 0 Å². The van der Waals surface area contributed by atoms with Gasteiger partial charge in [-0.1, -0.05) is 25.1 Å². The Labute approximate surface area is 178 Å². The van der Waals surface area contributed by atoms with Crippen LogP contribution >= 0.6 is 0 Å². The molecule has 0 bridgehead atoms. The van der Waals surface area contributed by atoms with Crippen molar-refractivity contribution in [1.29, 1.82) is 0 Å². The van der Waals surface area contributed by atoms with E-state index >= 15 is 4.39 Å². The lowest BCUT2D eigenvalue weighted by Gasteiger charge is -2.37. The number of aromatic nitrogens is 3. The molecule has 0 amide bonds. The summed E-state index contributed by atoms with van der Waals surface area (Å²) in [5.41, 5.74) is 7.04. The monoisotopic (exact) mass is 430 g/mol. The van der Waals surface area contributed by atoms with Crippen LogP contribution in [0.25, 0.3) is 10.9 Å². The number of nitrogens with two attached hydrogens (primary N) is 1. The number of fused-ring (bicyclic) bond motifs is 1. The van der Waals surface area contributed by atoms with Gasteiger partial charge in [0, 0.05) is 37.2 Å². The van der Waals surface area contributed by atoms with E-state index < -0.39 is 23.7 Å². The molecule has 3 N–H and O–H groups in total. The van der Waals surface area contributed by atoms with Crippen LogP contribution < -0.4 is 16.0 Å². The van der Waals surface area contributed by atoms with E-state index in [4.69, 9.17) is 5.73 Å². The number of piperazine rings is 1. The van der Waals surface area contributed by atoms with Crippen LogP contribution in [0, 0.1) is 12.7 Å². The fraction of sp³-hybridized carbons (Fsp3) is 0.409. The molecule has 1 aliphatic rings. The molecule has 0 radical (unpaired) electrons. The van der Waals surface area contributed by atoms with Gasteiger partial charge < -0.3 is 16.0 Å². The number of nitrogens with zero attached hydrogens (tertiary/aromatic N) is 4. The van der Waals surface area contributed by atoms with Crippen molar-refractivity contribution in [3.05, 3.63) is 52.7 Å². The molecule has 3 heterocycles. The average molecular weight is 430 g/mol. The summed E-state index contributed by atoms with van der Waals surface area (Å²) in [6.07, 6.45) is -1.26. The van der Waals surface area contributed by atoms with Gasteiger partial charge in [0.1, 0.15) is 23.3 Å². The second-order valence-corrected chi connectivity index (χ2v) is 7.93. The van der Waals surface area contributed by atoms with Gasteiger partial charge in [-0.2, -0.15) is 0 Å². The number of rotatable bonds is 4. The van der Waals surface area contributed by atoms with Gasteiger partial charge in [0.05, 0.1) is 22.7 Å². The first kappa shape index (κ1) is 21.3. The smallest absolute Gasteiger partial charge is 0.266 e. The topological polar surface area (TPSA) is 80.0 Å². The van der Waals surface area contributed by atoms with Crippen LogP contribution in [0.4, 0.5) is 24.8 Å². The van der Waals surface area contributed by atoms with Crippen molar-refractivity contribution in [2.75, 3.05) is 30.3 Å². The molecule has 9 heteroatoms. The van der Waals surface area contributed by atoms with Gasteiger partial charge in [-0.15, -0.1) is 0 Å². The van der Waals surface area contributed by atoms with Crippen LogP contribution in [0.5, 0.6) is 0 Å². The van der Waals surface area contributed by atoms with Crippen LogP contribution in [-0.4, -0.2) is 40.6 Å². The van der Waals surface area contributed by atoms with Crippen LogP contribution in [0.15, 0.2) is 24.4 Å². The highest BCUT2D eigenvalue weighted by Gasteiger charge is 2.29. The van der Waals surface area contributed by atoms with Gasteiger partial charge in [0.25, 0.3) is 6.43 Å². The van der Waals surface area contributed by atoms with Gasteiger partial charge in [0.2, 0.25) is 0 Å². The molecule has 31 heavy (non-hydrogen) atoms. The molecule has 3 aromatic rings. The fourth-order valence-electron chi connectivity index (χ4n) is 4.31. The van der Waals surface area contributed by atoms with Crippen molar-refractivity contribution >= 4 is 22.5 Å². The van der Waals surface area contributed by atoms with Crippen molar-refractivity contribution in [2.45, 2.75) is 39.2 Å². The third kappa shape index (κ3) is 3.78. The van der Waals surface area contributed by atoms with E-state index in [1.165, 1.54) is 12.1 Å². The number of anilines is 2. The Hall–Kier alpha value is -2.94. The molecule has 164 valence electrons. The molecule has 0 spiro atoms. The number of nitrogen functional groups attached to an aromatic ring is 1. The Kier molecular flexibility index (Phi) is 5.70. The predicted octanol–water partition coefficient (Wildman–Crippen LogP) is 3.94. The molecule has 2 aromatic heterocycles. The van der Waals surface area contributed by atoms with Crippen molar-refractivity contribution in [1.82, 2.24) is 20.3 Å². The molecule has 1 fully saturated rings. The zero-order chi connectivity index (χ0) is 22.3. The number of pyridine rings is 1. The maximum atomic E-state index is 15.1. The SMILES string of the molecule is Cc1nc(N)c2c([C@@H](C)c3cccc(C(F)F)c3F)c(N3CCNC[C@@H]3C)ncc2n1. The molecule has 0 saturated carbocycles. The van der Waals surface area contributed by atoms with E-state index in [1.54, 1.807) is 20.0 Å². The highest BCUT2D eigenvalue weighted by molar-refractivity contribution is 5.94. The minimum Gasteiger partial charge on any atom is -0.383 e. The molecule has 1 aliphatic heterocycles. The second kappa shape index (κ2) is 8.30. The molecule has 1 aromatic carbocycles. The Morgan fingerprint density at radius 1 is 1.23 bits per heavy atom. The maximum Gasteiger partial charge on any atom is 0.266 e. The number of hydrogen-bond acceptors (Lipinski definition) is 6. The number of halogens is 3. The van der Waals surface area contributed by atoms with E-state index in [0.29, 0.717) is 34.7 Å². The van der Waals surface area contributed by atoms with Crippen LogP contribution in [0.1, 0.15) is 48.7 Å². The summed E-state index contributed by atoms with van der Waals surface area (Å²) < 4.78 is 41.8. The normalized spacial score (nSPS) is 18.0. The standard InChI is InChI=1S/C22H25F3N6/c1-11-9-27-7-8-31(11)22-17(18-16(10-28-22)29-13(3)30-21(18)26)12(2)14-5-4-6-15(19(14)23)20(24)25/h4-6,10-12,20,27H,7-9H2,1-3H3,(H2,26,29,30)/t11-,12-/m0/s1. The van der Waals surface area contributed by atoms with Crippen molar-refractivity contribution < 1.29 is 13.2 Å². The Balaban J connectivity index is 1.98. The minimum atomic E-state index is -2.90. The van der Waals surface area contributed by atoms with Gasteiger partial charge in [0.15, 0.2) is 0 Å². The lowest BCUT2D eigenvalue weighted by Crippen LogP contribution is -2.50. The van der Waals surface area contributed by atoms with Gasteiger partial charge in [-0.3, -0.25) is 0 Å². The summed E-state index contributed by atoms with van der Waals surface area (Å²) in [5, 5.41) is 3.92. The zero-order valence-corrected chi connectivity index (χ0v) is 17.7. The molecule has 4 rings (SSSR count). The Morgan fingerprint density at radius 3 is 2.68 bits per heavy atom. The van der Waals surface area contributed by atoms with Crippen molar-refractivity contribution in [2.24, 2.45) is 0 Å². The number of nitrogens with one attached hydrogen (secondary N) is 1. The minimum absolute atomic E-state index is 0.134. The lowest BCUT2D eigenvalue weighted by molar-refractivity contribution is 0.146. The summed E-state index contributed by atoms with van der Waals surface area (Å²) in [5.74, 6) is -0.0932. The summed E-state index contributed by atoms with van der Waals surface area (Å²) in [7, 11) is 0.